The van der Waals surface area contributed by atoms with Crippen molar-refractivity contribution in [1.82, 2.24) is 9.97 Å². The monoisotopic (exact) mass is 511 g/mol. The Morgan fingerprint density at radius 2 is 1.21 bits per heavy atom. The topological polar surface area (TPSA) is 240 Å². The number of Topliss-reactive ketones (excluding diaryl/α,β-unsaturated/α-hetero) is 3. The van der Waals surface area contributed by atoms with Crippen LogP contribution in [0.4, 0.5) is 0 Å². The highest BCUT2D eigenvalue weighted by Gasteiger charge is 2.35. The Labute approximate surface area is 201 Å². The number of aromatic nitrogens is 2. The van der Waals surface area contributed by atoms with Crippen molar-refractivity contribution >= 4 is 46.3 Å². The molecule has 0 spiro atoms. The molecule has 0 amide bonds. The molecule has 2 aromatic heterocycles. The molecule has 2 unspecified atom stereocenters. The van der Waals surface area contributed by atoms with E-state index >= 15 is 0 Å². The second kappa shape index (κ2) is 9.54. The molecule has 0 fully saturated rings. The molecule has 11 N–H and O–H groups in total. The van der Waals surface area contributed by atoms with Crippen LogP contribution < -0.4 is 11.5 Å². The third-order valence-electron chi connectivity index (χ3n) is 5.20. The molecule has 0 aromatic carbocycles. The fourth-order valence-electron chi connectivity index (χ4n) is 3.42. The van der Waals surface area contributed by atoms with E-state index in [0.717, 1.165) is 0 Å². The van der Waals surface area contributed by atoms with Crippen molar-refractivity contribution in [3.63, 3.8) is 0 Å². The number of allylic oxidation sites excluding steroid dienone is 4. The molecule has 2 heterocycles. The number of fused-ring (bicyclic) bond motifs is 2. The van der Waals surface area contributed by atoms with Gasteiger partial charge in [-0.2, -0.15) is 0 Å². The van der Waals surface area contributed by atoms with Crippen molar-refractivity contribution in [1.29, 1.82) is 5.41 Å². The third kappa shape index (κ3) is 3.96. The van der Waals surface area contributed by atoms with E-state index < -0.39 is 42.8 Å². The smallest absolute Gasteiger partial charge is 0.227 e. The highest BCUT2D eigenvalue weighted by Crippen LogP contribution is 2.32. The van der Waals surface area contributed by atoms with E-state index in [1.807, 2.05) is 0 Å². The normalized spacial score (nSPS) is 17.4. The van der Waals surface area contributed by atoms with E-state index in [9.17, 15) is 24.6 Å². The Bertz CT molecular complexity index is 1190. The van der Waals surface area contributed by atoms with Crippen molar-refractivity contribution in [3.8, 4) is 0 Å². The van der Waals surface area contributed by atoms with Crippen molar-refractivity contribution in [3.05, 3.63) is 67.5 Å². The minimum Gasteiger partial charge on any atom is -0.394 e. The molecular weight excluding hydrogens is 493 g/mol. The average molecular weight is 512 g/mol. The van der Waals surface area contributed by atoms with Gasteiger partial charge in [0.2, 0.25) is 17.3 Å². The highest BCUT2D eigenvalue weighted by atomic mass is 35.5. The van der Waals surface area contributed by atoms with Gasteiger partial charge in [-0.3, -0.25) is 19.8 Å². The maximum absolute atomic E-state index is 11.8. The van der Waals surface area contributed by atoms with Crippen LogP contribution >= 0.6 is 23.2 Å². The van der Waals surface area contributed by atoms with Crippen LogP contribution in [0.25, 0.3) is 0 Å². The van der Waals surface area contributed by atoms with Gasteiger partial charge in [0.1, 0.15) is 34.3 Å². The van der Waals surface area contributed by atoms with E-state index in [1.165, 1.54) is 12.4 Å². The Hall–Kier alpha value is -3.26. The lowest BCUT2D eigenvalue weighted by Crippen LogP contribution is -2.25. The summed E-state index contributed by atoms with van der Waals surface area (Å²) in [5.41, 5.74) is 10.8. The standard InChI is InChI=1S/C10H10ClN3O3.C10H9ClN2O4/c11-6-7(12)5-3(4(16)2-15)1-14-9(5)10(17)8(6)13;11-6-7(12)10(17)8-5(9(6)16)3(1-13-8)4(15)2-14/h1,4,12,14-16H,2,13H2;1,4,13-15H,2,12H2. The average Bonchev–Trinajstić information content (AvgIpc) is 3.48. The Kier molecular flexibility index (Phi) is 7.12. The number of aliphatic hydroxyl groups excluding tert-OH is 4. The molecule has 4 rings (SSSR count). The Balaban J connectivity index is 0.000000191. The van der Waals surface area contributed by atoms with Crippen LogP contribution in [-0.4, -0.2) is 66.7 Å². The second-order valence-electron chi connectivity index (χ2n) is 7.20. The van der Waals surface area contributed by atoms with Crippen molar-refractivity contribution in [2.24, 2.45) is 11.5 Å². The van der Waals surface area contributed by atoms with Gasteiger partial charge in [-0.15, -0.1) is 0 Å². The first-order valence-electron chi connectivity index (χ1n) is 9.52. The zero-order chi connectivity index (χ0) is 25.5. The maximum atomic E-state index is 11.8. The van der Waals surface area contributed by atoms with Gasteiger partial charge >= 0.3 is 0 Å². The molecule has 2 aromatic rings. The number of aliphatic hydroxyl groups is 4. The summed E-state index contributed by atoms with van der Waals surface area (Å²) in [5, 5.41) is 44.1. The quantitative estimate of drug-likeness (QED) is 0.264. The molecule has 0 aliphatic heterocycles. The first kappa shape index (κ1) is 25.4. The lowest BCUT2D eigenvalue weighted by Gasteiger charge is -2.16. The van der Waals surface area contributed by atoms with Crippen molar-refractivity contribution in [2.75, 3.05) is 13.2 Å². The number of rotatable bonds is 4. The third-order valence-corrected chi connectivity index (χ3v) is 5.97. The predicted octanol–water partition coefficient (Wildman–Crippen LogP) is -0.158. The van der Waals surface area contributed by atoms with Crippen LogP contribution in [0.5, 0.6) is 0 Å². The number of carbonyl (C=O) groups is 3. The zero-order valence-corrected chi connectivity index (χ0v) is 18.7. The predicted molar refractivity (Wildman–Crippen MR) is 120 cm³/mol. The number of aromatic amines is 2. The Morgan fingerprint density at radius 1 is 0.794 bits per heavy atom. The number of hydrogen-bond acceptors (Lipinski definition) is 10. The van der Waals surface area contributed by atoms with Gasteiger partial charge < -0.3 is 41.9 Å². The number of nitrogens with two attached hydrogens (primary N) is 2. The molecule has 2 aliphatic carbocycles. The molecule has 180 valence electrons. The van der Waals surface area contributed by atoms with Crippen LogP contribution in [0.2, 0.25) is 0 Å². The van der Waals surface area contributed by atoms with Gasteiger partial charge in [0, 0.05) is 29.1 Å². The van der Waals surface area contributed by atoms with Crippen LogP contribution in [0.1, 0.15) is 60.2 Å². The minimum atomic E-state index is -1.25. The minimum absolute atomic E-state index is 0.0144. The number of hydrogen-bond donors (Lipinski definition) is 9. The number of H-pyrrole nitrogens is 2. The molecule has 0 saturated heterocycles. The van der Waals surface area contributed by atoms with Gasteiger partial charge in [-0.25, -0.2) is 0 Å². The van der Waals surface area contributed by atoms with Crippen LogP contribution in [0.15, 0.2) is 33.9 Å². The fraction of sp³-hybridized carbons (Fsp3) is 0.200. The van der Waals surface area contributed by atoms with E-state index in [2.05, 4.69) is 9.97 Å². The fourth-order valence-corrected chi connectivity index (χ4v) is 3.78. The summed E-state index contributed by atoms with van der Waals surface area (Å²) in [7, 11) is 0. The summed E-state index contributed by atoms with van der Waals surface area (Å²) in [6.07, 6.45) is 0.215. The summed E-state index contributed by atoms with van der Waals surface area (Å²) in [4.78, 5) is 40.5. The first-order valence-corrected chi connectivity index (χ1v) is 10.3. The molecule has 34 heavy (non-hydrogen) atoms. The number of nitrogens with one attached hydrogen (secondary N) is 3. The number of halogens is 2. The van der Waals surface area contributed by atoms with Gasteiger partial charge in [0.05, 0.1) is 35.2 Å². The molecule has 2 atom stereocenters. The highest BCUT2D eigenvalue weighted by molar-refractivity contribution is 6.51. The maximum Gasteiger partial charge on any atom is 0.227 e. The zero-order valence-electron chi connectivity index (χ0n) is 17.1. The van der Waals surface area contributed by atoms with E-state index in [4.69, 9.17) is 50.3 Å². The van der Waals surface area contributed by atoms with Crippen LogP contribution in [-0.2, 0) is 0 Å². The molecule has 0 saturated carbocycles. The second-order valence-corrected chi connectivity index (χ2v) is 7.96. The first-order chi connectivity index (χ1) is 16.0. The van der Waals surface area contributed by atoms with Crippen LogP contribution in [0, 0.1) is 5.41 Å². The summed E-state index contributed by atoms with van der Waals surface area (Å²) in [6, 6.07) is 0. The molecular formula is C20H19Cl2N5O7. The molecule has 2 aliphatic rings. The summed E-state index contributed by atoms with van der Waals surface area (Å²) in [6.45, 7) is -1.08. The SMILES string of the molecule is N=C1C(Cl)=C(N)C(=O)c2[nH]cc(C(O)CO)c21.NC1=C(Cl)C(=O)c2c(C(O)CO)c[nH]c2C1=O. The Morgan fingerprint density at radius 3 is 1.68 bits per heavy atom. The van der Waals surface area contributed by atoms with Crippen molar-refractivity contribution < 1.29 is 34.8 Å². The van der Waals surface area contributed by atoms with E-state index in [0.29, 0.717) is 0 Å². The lowest BCUT2D eigenvalue weighted by atomic mass is 9.94. The molecule has 12 nitrogen and oxygen atoms in total. The largest absolute Gasteiger partial charge is 0.394 e. The lowest BCUT2D eigenvalue weighted by molar-refractivity contribution is 0.0910. The van der Waals surface area contributed by atoms with Crippen molar-refractivity contribution in [2.45, 2.75) is 12.2 Å². The van der Waals surface area contributed by atoms with Gasteiger partial charge in [-0.05, 0) is 0 Å². The summed E-state index contributed by atoms with van der Waals surface area (Å²) >= 11 is 11.4. The van der Waals surface area contributed by atoms with E-state index in [-0.39, 0.29) is 60.8 Å². The van der Waals surface area contributed by atoms with E-state index in [1.54, 1.807) is 0 Å². The molecule has 0 bridgehead atoms. The van der Waals surface area contributed by atoms with Gasteiger partial charge in [0.25, 0.3) is 0 Å². The van der Waals surface area contributed by atoms with Gasteiger partial charge in [0.15, 0.2) is 0 Å². The molecule has 14 heteroatoms. The number of ketones is 3. The van der Waals surface area contributed by atoms with Crippen LogP contribution in [0.3, 0.4) is 0 Å². The van der Waals surface area contributed by atoms with Gasteiger partial charge in [-0.1, -0.05) is 23.2 Å². The number of carbonyl (C=O) groups excluding carboxylic acids is 3. The molecule has 0 radical (unpaired) electrons. The summed E-state index contributed by atoms with van der Waals surface area (Å²) < 4.78 is 0. The summed E-state index contributed by atoms with van der Waals surface area (Å²) in [5.74, 6) is -1.75.